The van der Waals surface area contributed by atoms with Crippen molar-refractivity contribution in [3.05, 3.63) is 22.4 Å². The van der Waals surface area contributed by atoms with E-state index in [0.717, 1.165) is 24.3 Å². The molecule has 0 radical (unpaired) electrons. The van der Waals surface area contributed by atoms with Crippen LogP contribution in [0.2, 0.25) is 0 Å². The highest BCUT2D eigenvalue weighted by molar-refractivity contribution is 7.12. The summed E-state index contributed by atoms with van der Waals surface area (Å²) in [5.74, 6) is 0.311. The van der Waals surface area contributed by atoms with Crippen molar-refractivity contribution in [3.8, 4) is 0 Å². The van der Waals surface area contributed by atoms with Crippen molar-refractivity contribution in [3.63, 3.8) is 0 Å². The molecule has 0 spiro atoms. The van der Waals surface area contributed by atoms with Crippen LogP contribution < -0.4 is 5.73 Å². The zero-order chi connectivity index (χ0) is 15.1. The molecule has 1 heterocycles. The summed E-state index contributed by atoms with van der Waals surface area (Å²) in [6, 6.07) is 4.13. The normalized spacial score (nSPS) is 16.7. The van der Waals surface area contributed by atoms with Gasteiger partial charge in [0.1, 0.15) is 0 Å². The Labute approximate surface area is 129 Å². The first-order valence-corrected chi connectivity index (χ1v) is 8.39. The molecule has 0 bridgehead atoms. The van der Waals surface area contributed by atoms with Gasteiger partial charge in [-0.2, -0.15) is 0 Å². The third-order valence-electron chi connectivity index (χ3n) is 3.80. The molecule has 116 valence electrons. The largest absolute Gasteiger partial charge is 0.384 e. The molecule has 0 aliphatic heterocycles. The first-order valence-electron chi connectivity index (χ1n) is 7.51. The number of amidine groups is 1. The number of thiophene rings is 1. The lowest BCUT2D eigenvalue weighted by Gasteiger charge is -2.33. The van der Waals surface area contributed by atoms with E-state index in [0.29, 0.717) is 11.9 Å². The summed E-state index contributed by atoms with van der Waals surface area (Å²) in [5.41, 5.74) is 5.79. The van der Waals surface area contributed by atoms with Gasteiger partial charge in [0.25, 0.3) is 5.91 Å². The van der Waals surface area contributed by atoms with E-state index in [1.54, 1.807) is 0 Å². The zero-order valence-corrected chi connectivity index (χ0v) is 13.3. The SMILES string of the molecule is CCN(C(=O)CO/N=C(/N)c1cccs1)C1CCCCC1. The monoisotopic (exact) mass is 309 g/mol. The van der Waals surface area contributed by atoms with Gasteiger partial charge >= 0.3 is 0 Å². The van der Waals surface area contributed by atoms with Crippen molar-refractivity contribution in [2.75, 3.05) is 13.2 Å². The first kappa shape index (κ1) is 15.8. The Kier molecular flexibility index (Phi) is 6.04. The average molecular weight is 309 g/mol. The van der Waals surface area contributed by atoms with Crippen LogP contribution in [0.1, 0.15) is 43.9 Å². The molecular formula is C15H23N3O2S. The molecule has 0 atom stereocenters. The number of likely N-dealkylation sites (N-methyl/N-ethyl adjacent to an activating group) is 1. The molecule has 2 rings (SSSR count). The van der Waals surface area contributed by atoms with Gasteiger partial charge in [-0.3, -0.25) is 4.79 Å². The Morgan fingerprint density at radius 2 is 2.24 bits per heavy atom. The van der Waals surface area contributed by atoms with Crippen molar-refractivity contribution in [1.82, 2.24) is 4.90 Å². The van der Waals surface area contributed by atoms with Crippen LogP contribution >= 0.6 is 11.3 Å². The summed E-state index contributed by atoms with van der Waals surface area (Å²) >= 11 is 1.49. The fourth-order valence-electron chi connectivity index (χ4n) is 2.74. The molecule has 5 nitrogen and oxygen atoms in total. The molecule has 1 saturated carbocycles. The number of carbonyl (C=O) groups excluding carboxylic acids is 1. The van der Waals surface area contributed by atoms with Crippen LogP contribution in [0.5, 0.6) is 0 Å². The fourth-order valence-corrected chi connectivity index (χ4v) is 3.36. The maximum atomic E-state index is 12.2. The predicted octanol–water partition coefficient (Wildman–Crippen LogP) is 2.57. The quantitative estimate of drug-likeness (QED) is 0.499. The van der Waals surface area contributed by atoms with Crippen LogP contribution in [0.15, 0.2) is 22.7 Å². The summed E-state index contributed by atoms with van der Waals surface area (Å²) in [6.07, 6.45) is 5.89. The van der Waals surface area contributed by atoms with E-state index in [2.05, 4.69) is 5.16 Å². The lowest BCUT2D eigenvalue weighted by molar-refractivity contribution is -0.138. The van der Waals surface area contributed by atoms with Gasteiger partial charge in [0.05, 0.1) is 4.88 Å². The van der Waals surface area contributed by atoms with Crippen molar-refractivity contribution in [2.45, 2.75) is 45.1 Å². The molecule has 0 saturated heterocycles. The van der Waals surface area contributed by atoms with Gasteiger partial charge in [-0.25, -0.2) is 0 Å². The summed E-state index contributed by atoms with van der Waals surface area (Å²) < 4.78 is 0. The lowest BCUT2D eigenvalue weighted by atomic mass is 9.94. The molecule has 1 aliphatic carbocycles. The Morgan fingerprint density at radius 3 is 2.86 bits per heavy atom. The summed E-state index contributed by atoms with van der Waals surface area (Å²) in [4.78, 5) is 20.1. The van der Waals surface area contributed by atoms with E-state index in [1.165, 1.54) is 30.6 Å². The van der Waals surface area contributed by atoms with Crippen LogP contribution in [0, 0.1) is 0 Å². The third-order valence-corrected chi connectivity index (χ3v) is 4.69. The molecule has 1 fully saturated rings. The van der Waals surface area contributed by atoms with Crippen molar-refractivity contribution in [1.29, 1.82) is 0 Å². The highest BCUT2D eigenvalue weighted by Crippen LogP contribution is 2.22. The molecule has 1 aromatic heterocycles. The van der Waals surface area contributed by atoms with E-state index in [-0.39, 0.29) is 12.5 Å². The number of hydrogen-bond acceptors (Lipinski definition) is 4. The highest BCUT2D eigenvalue weighted by Gasteiger charge is 2.24. The molecule has 2 N–H and O–H groups in total. The van der Waals surface area contributed by atoms with Crippen LogP contribution in [-0.4, -0.2) is 35.8 Å². The molecule has 1 aliphatic rings. The topological polar surface area (TPSA) is 67.9 Å². The number of amides is 1. The molecular weight excluding hydrogens is 286 g/mol. The average Bonchev–Trinajstić information content (AvgIpc) is 3.03. The summed E-state index contributed by atoms with van der Waals surface area (Å²) in [6.45, 7) is 2.68. The van der Waals surface area contributed by atoms with E-state index in [4.69, 9.17) is 10.6 Å². The Bertz CT molecular complexity index is 467. The van der Waals surface area contributed by atoms with E-state index >= 15 is 0 Å². The predicted molar refractivity (Wildman–Crippen MR) is 85.3 cm³/mol. The smallest absolute Gasteiger partial charge is 0.263 e. The van der Waals surface area contributed by atoms with E-state index in [9.17, 15) is 4.79 Å². The van der Waals surface area contributed by atoms with Gasteiger partial charge in [0.2, 0.25) is 0 Å². The van der Waals surface area contributed by atoms with E-state index in [1.807, 2.05) is 29.3 Å². The Hall–Kier alpha value is -1.56. The number of carbonyl (C=O) groups is 1. The molecule has 0 aromatic carbocycles. The molecule has 0 unspecified atom stereocenters. The van der Waals surface area contributed by atoms with Crippen LogP contribution in [0.4, 0.5) is 0 Å². The van der Waals surface area contributed by atoms with Gasteiger partial charge in [-0.15, -0.1) is 11.3 Å². The number of nitrogens with zero attached hydrogens (tertiary/aromatic N) is 2. The van der Waals surface area contributed by atoms with Gasteiger partial charge in [-0.05, 0) is 31.2 Å². The molecule has 1 aromatic rings. The van der Waals surface area contributed by atoms with Gasteiger partial charge in [-0.1, -0.05) is 30.5 Å². The van der Waals surface area contributed by atoms with E-state index < -0.39 is 0 Å². The van der Waals surface area contributed by atoms with Gasteiger partial charge < -0.3 is 15.5 Å². The number of nitrogens with two attached hydrogens (primary N) is 1. The van der Waals surface area contributed by atoms with Crippen LogP contribution in [-0.2, 0) is 9.63 Å². The van der Waals surface area contributed by atoms with Crippen molar-refractivity contribution in [2.24, 2.45) is 10.9 Å². The molecule has 21 heavy (non-hydrogen) atoms. The Morgan fingerprint density at radius 1 is 1.48 bits per heavy atom. The second-order valence-corrected chi connectivity index (χ2v) is 6.15. The lowest BCUT2D eigenvalue weighted by Crippen LogP contribution is -2.43. The first-order chi connectivity index (χ1) is 10.2. The third kappa shape index (κ3) is 4.46. The standard InChI is InChI=1S/C15H23N3O2S/c1-2-18(12-7-4-3-5-8-12)14(19)11-20-17-15(16)13-9-6-10-21-13/h6,9-10,12H,2-5,7-8,11H2,1H3,(H2,16,17). The van der Waals surface area contributed by atoms with Gasteiger partial charge in [0.15, 0.2) is 12.4 Å². The van der Waals surface area contributed by atoms with Crippen LogP contribution in [0.25, 0.3) is 0 Å². The number of oxime groups is 1. The van der Waals surface area contributed by atoms with Crippen molar-refractivity contribution >= 4 is 23.1 Å². The number of hydrogen-bond donors (Lipinski definition) is 1. The van der Waals surface area contributed by atoms with Crippen molar-refractivity contribution < 1.29 is 9.63 Å². The highest BCUT2D eigenvalue weighted by atomic mass is 32.1. The molecule has 1 amide bonds. The minimum absolute atomic E-state index is 0.00729. The van der Waals surface area contributed by atoms with Crippen LogP contribution in [0.3, 0.4) is 0 Å². The van der Waals surface area contributed by atoms with Gasteiger partial charge in [0, 0.05) is 12.6 Å². The minimum atomic E-state index is -0.0452. The maximum absolute atomic E-state index is 12.2. The summed E-state index contributed by atoms with van der Waals surface area (Å²) in [7, 11) is 0. The minimum Gasteiger partial charge on any atom is -0.384 e. The zero-order valence-electron chi connectivity index (χ0n) is 12.5. The second-order valence-electron chi connectivity index (χ2n) is 5.20. The second kappa shape index (κ2) is 8.02. The fraction of sp³-hybridized carbons (Fsp3) is 0.600. The maximum Gasteiger partial charge on any atom is 0.263 e. The molecule has 6 heteroatoms. The Balaban J connectivity index is 1.83. The number of rotatable bonds is 6. The summed E-state index contributed by atoms with van der Waals surface area (Å²) in [5, 5.41) is 5.75.